The molecule has 0 heterocycles. The summed E-state index contributed by atoms with van der Waals surface area (Å²) in [6.07, 6.45) is 0. The molecule has 0 bridgehead atoms. The van der Waals surface area contributed by atoms with Crippen LogP contribution in [-0.4, -0.2) is 0 Å². The van der Waals surface area contributed by atoms with Crippen LogP contribution in [0.25, 0.3) is 89.0 Å². The summed E-state index contributed by atoms with van der Waals surface area (Å²) >= 11 is 0. The predicted molar refractivity (Wildman–Crippen MR) is 235 cm³/mol. The molecule has 0 radical (unpaired) electrons. The van der Waals surface area contributed by atoms with E-state index in [9.17, 15) is 15.1 Å². The van der Waals surface area contributed by atoms with Crippen molar-refractivity contribution in [2.45, 2.75) is 6.92 Å². The molecule has 0 aliphatic heterocycles. The molecule has 0 aliphatic rings. The first-order valence-electron chi connectivity index (χ1n) is 34.5. The highest BCUT2D eigenvalue weighted by molar-refractivity contribution is 5.80. The van der Waals surface area contributed by atoms with Gasteiger partial charge in [-0.05, 0) is 114 Å². The molecule has 0 spiro atoms. The van der Waals surface area contributed by atoms with Crippen molar-refractivity contribution in [3.8, 4) is 89.0 Å². The summed E-state index contributed by atoms with van der Waals surface area (Å²) in [7, 11) is 0. The number of benzene rings is 9. The second-order valence-electron chi connectivity index (χ2n) is 11.2. The molecule has 9 rings (SSSR count). The van der Waals surface area contributed by atoms with Gasteiger partial charge in [0.1, 0.15) is 0 Å². The fourth-order valence-corrected chi connectivity index (χ4v) is 4.97. The fourth-order valence-electron chi connectivity index (χ4n) is 4.97. The lowest BCUT2D eigenvalue weighted by atomic mass is 9.94. The maximum absolute atomic E-state index is 9.50. The average molecular weight is 738 g/mol. The molecule has 0 amide bonds. The van der Waals surface area contributed by atoms with E-state index in [0.29, 0.717) is 0 Å². The molecular formula is C55H40. The minimum atomic E-state index is -1.20. The summed E-state index contributed by atoms with van der Waals surface area (Å²) in [6, 6.07) is -38.2. The van der Waals surface area contributed by atoms with Crippen LogP contribution in [0.2, 0.25) is 0 Å². The third-order valence-corrected chi connectivity index (χ3v) is 7.62. The largest absolute Gasteiger partial charge is 0.0636 e. The van der Waals surface area contributed by atoms with Gasteiger partial charge >= 0.3 is 0 Å². The lowest BCUT2D eigenvalue weighted by Gasteiger charge is -2.11. The number of rotatable bonds is 8. The minimum absolute atomic E-state index is 0.166. The van der Waals surface area contributed by atoms with E-state index >= 15 is 0 Å². The zero-order chi connectivity index (χ0) is 69.2. The molecule has 0 aromatic heterocycles. The first kappa shape index (κ1) is 12.2. The molecule has 0 fully saturated rings. The summed E-state index contributed by atoms with van der Waals surface area (Å²) < 4.78 is 328. The van der Waals surface area contributed by atoms with Gasteiger partial charge in [-0.25, -0.2) is 0 Å². The zero-order valence-corrected chi connectivity index (χ0v) is 28.0. The van der Waals surface area contributed by atoms with Gasteiger partial charge in [-0.15, -0.1) is 0 Å². The SMILES string of the molecule is [2H]c1c([2H])c([2H])c(-c2c([2H])c([2H])c(-c3c([2H])c([2H])c(-c4c([2H])c([2H])c(-c5c([2H])c([2H])c([2H])c(-c6c([2H])c([2H])c([2H])c(-c7c([2H])c([2H])c(-c8c([2H])c([2H])c([2H])c(-c9c([2H])c([2H])c([2H])c(C)c9[2H])c8[2H])c([2H])c7[2H])c6[2H])c5[2H])c([2H])c4[2H])c([2H])c3[2H])c([2H])c2[2H])c([2H])c1[2H]. The monoisotopic (exact) mass is 738 g/mol. The van der Waals surface area contributed by atoms with Gasteiger partial charge in [0.05, 0.1) is 50.7 Å². The minimum Gasteiger partial charge on any atom is -0.0622 e. The van der Waals surface area contributed by atoms with Crippen LogP contribution in [0.5, 0.6) is 0 Å². The van der Waals surface area contributed by atoms with Gasteiger partial charge in [0, 0.05) is 0 Å². The fraction of sp³-hybridized carbons (Fsp3) is 0.0182. The van der Waals surface area contributed by atoms with E-state index in [1.54, 1.807) is 0 Å². The number of hydrogen-bond donors (Lipinski definition) is 0. The van der Waals surface area contributed by atoms with Crippen LogP contribution in [0.3, 0.4) is 0 Å². The van der Waals surface area contributed by atoms with E-state index in [2.05, 4.69) is 0 Å². The molecule has 0 heteroatoms. The van der Waals surface area contributed by atoms with E-state index in [0.717, 1.165) is 0 Å². The first-order chi connectivity index (χ1) is 42.6. The molecule has 0 N–H and O–H groups in total. The molecule has 55 heavy (non-hydrogen) atoms. The van der Waals surface area contributed by atoms with E-state index in [1.165, 1.54) is 6.92 Å². The van der Waals surface area contributed by atoms with Crippen molar-refractivity contribution in [1.29, 1.82) is 0 Å². The van der Waals surface area contributed by atoms with E-state index < -0.39 is 313 Å². The maximum Gasteiger partial charge on any atom is 0.0636 e. The Balaban J connectivity index is 1.24. The molecule has 0 unspecified atom stereocenters. The highest BCUT2D eigenvalue weighted by atomic mass is 14.1. The van der Waals surface area contributed by atoms with Crippen LogP contribution in [-0.2, 0) is 0 Å². The highest BCUT2D eigenvalue weighted by Crippen LogP contribution is 2.34. The zero-order valence-electron chi connectivity index (χ0n) is 65.0. The molecule has 9 aromatic carbocycles. The van der Waals surface area contributed by atoms with Gasteiger partial charge < -0.3 is 0 Å². The second kappa shape index (κ2) is 15.1. The van der Waals surface area contributed by atoms with Gasteiger partial charge in [0.25, 0.3) is 0 Å². The van der Waals surface area contributed by atoms with Crippen LogP contribution < -0.4 is 0 Å². The first-order valence-corrected chi connectivity index (χ1v) is 16.0. The summed E-state index contributed by atoms with van der Waals surface area (Å²) in [5.74, 6) is 0. The van der Waals surface area contributed by atoms with Crippen LogP contribution in [0.1, 0.15) is 56.3 Å². The smallest absolute Gasteiger partial charge is 0.0622 e. The number of hydrogen-bond acceptors (Lipinski definition) is 0. The van der Waals surface area contributed by atoms with Crippen molar-refractivity contribution in [3.63, 3.8) is 0 Å². The standard InChI is InChI=1S/C55H40/c1-39-9-5-12-49(35-39)53-16-6-13-50(36-53)47-31-33-48(34-32-47)52-15-8-18-55(38-52)54-17-7-14-51(37-54)46-29-27-45(28-30-46)44-25-23-43(24-26-44)42-21-19-41(20-22-42)40-10-3-2-4-11-40/h2-38H,1H3/i2D,3D,4D,5D,6D,7D,8D,9D,10D,11D,12D,13D,14D,15D,16D,17D,18D,19D,20D,21D,22D,23D,24D,25D,26D,27D,28D,29D,30D,31D,32D,33D,34D,35D,36D,37D,38D. The summed E-state index contributed by atoms with van der Waals surface area (Å²) in [5.41, 5.74) is -14.3. The Labute approximate surface area is 376 Å². The van der Waals surface area contributed by atoms with Crippen LogP contribution in [0.15, 0.2) is 224 Å². The summed E-state index contributed by atoms with van der Waals surface area (Å²) in [5, 5.41) is 0. The quantitative estimate of drug-likeness (QED) is 0.146. The molecule has 0 nitrogen and oxygen atoms in total. The second-order valence-corrected chi connectivity index (χ2v) is 11.2. The van der Waals surface area contributed by atoms with Crippen molar-refractivity contribution < 1.29 is 50.7 Å². The highest BCUT2D eigenvalue weighted by Gasteiger charge is 2.08. The molecular weight excluding hydrogens is 661 g/mol. The molecule has 0 saturated heterocycles. The Morgan fingerprint density at radius 1 is 0.200 bits per heavy atom. The van der Waals surface area contributed by atoms with Gasteiger partial charge in [-0.2, -0.15) is 0 Å². The molecule has 0 aliphatic carbocycles. The maximum atomic E-state index is 9.50. The molecule has 0 saturated carbocycles. The Morgan fingerprint density at radius 3 is 0.709 bits per heavy atom. The lowest BCUT2D eigenvalue weighted by molar-refractivity contribution is 1.47. The van der Waals surface area contributed by atoms with Crippen LogP contribution in [0.4, 0.5) is 0 Å². The Hall–Kier alpha value is -7.02. The molecule has 9 aromatic rings. The van der Waals surface area contributed by atoms with Gasteiger partial charge in [-0.1, -0.05) is 211 Å². The van der Waals surface area contributed by atoms with Crippen LogP contribution in [0, 0.1) is 6.92 Å². The van der Waals surface area contributed by atoms with Gasteiger partial charge in [0.2, 0.25) is 0 Å². The van der Waals surface area contributed by atoms with Gasteiger partial charge in [0.15, 0.2) is 0 Å². The van der Waals surface area contributed by atoms with Crippen molar-refractivity contribution in [2.75, 3.05) is 0 Å². The summed E-state index contributed by atoms with van der Waals surface area (Å²) in [6.45, 7) is 1.25. The third-order valence-electron chi connectivity index (χ3n) is 7.62. The predicted octanol–water partition coefficient (Wildman–Crippen LogP) is 15.3. The van der Waals surface area contributed by atoms with E-state index in [4.69, 9.17) is 35.6 Å². The molecule has 260 valence electrons. The van der Waals surface area contributed by atoms with Gasteiger partial charge in [-0.3, -0.25) is 0 Å². The average Bonchev–Trinajstić information content (AvgIpc) is 0.734. The Bertz CT molecular complexity index is 4720. The van der Waals surface area contributed by atoms with E-state index in [-0.39, 0.29) is 5.56 Å². The molecule has 0 atom stereocenters. The Morgan fingerprint density at radius 2 is 0.400 bits per heavy atom. The topological polar surface area (TPSA) is 0 Å². The van der Waals surface area contributed by atoms with Crippen molar-refractivity contribution in [2.24, 2.45) is 0 Å². The normalized spacial score (nSPS) is 20.4. The summed E-state index contributed by atoms with van der Waals surface area (Å²) in [4.78, 5) is 0. The van der Waals surface area contributed by atoms with Crippen molar-refractivity contribution in [1.82, 2.24) is 0 Å². The third kappa shape index (κ3) is 7.45. The van der Waals surface area contributed by atoms with Crippen molar-refractivity contribution >= 4 is 0 Å². The van der Waals surface area contributed by atoms with E-state index in [1.807, 2.05) is 0 Å². The Kier molecular flexibility index (Phi) is 3.37. The lowest BCUT2D eigenvalue weighted by Crippen LogP contribution is -1.85. The van der Waals surface area contributed by atoms with Crippen molar-refractivity contribution in [3.05, 3.63) is 229 Å². The van der Waals surface area contributed by atoms with Crippen LogP contribution >= 0.6 is 0 Å².